The van der Waals surface area contributed by atoms with Gasteiger partial charge in [0.15, 0.2) is 0 Å². The summed E-state index contributed by atoms with van der Waals surface area (Å²) in [5.74, 6) is -0.00693. The zero-order chi connectivity index (χ0) is 19.7. The van der Waals surface area contributed by atoms with E-state index in [1.165, 1.54) is 29.7 Å². The van der Waals surface area contributed by atoms with E-state index >= 15 is 0 Å². The molecule has 0 radical (unpaired) electrons. The number of aromatic nitrogens is 5. The average Bonchev–Trinajstić information content (AvgIpc) is 3.41. The average molecular weight is 434 g/mol. The molecule has 7 nitrogen and oxygen atoms in total. The number of aryl methyl sites for hydroxylation is 2. The molecule has 1 atom stereocenters. The summed E-state index contributed by atoms with van der Waals surface area (Å²) in [5.41, 5.74) is 2.69. The summed E-state index contributed by atoms with van der Waals surface area (Å²) in [6.45, 7) is 2.67. The van der Waals surface area contributed by atoms with Crippen molar-refractivity contribution in [3.63, 3.8) is 0 Å². The van der Waals surface area contributed by atoms with Crippen LogP contribution in [0.2, 0.25) is 5.15 Å². The van der Waals surface area contributed by atoms with Crippen molar-refractivity contribution < 1.29 is 0 Å². The molecule has 0 aliphatic carbocycles. The zero-order valence-electron chi connectivity index (χ0n) is 15.4. The molecule has 0 saturated carbocycles. The van der Waals surface area contributed by atoms with Crippen LogP contribution in [-0.4, -0.2) is 23.7 Å². The molecule has 5 heterocycles. The van der Waals surface area contributed by atoms with E-state index in [0.29, 0.717) is 16.1 Å². The Hall–Kier alpha value is -2.23. The predicted octanol–water partition coefficient (Wildman–Crippen LogP) is 3.12. The molecule has 28 heavy (non-hydrogen) atoms. The molecule has 0 aromatic carbocycles. The maximum atomic E-state index is 13.1. The molecule has 10 heteroatoms. The summed E-state index contributed by atoms with van der Waals surface area (Å²) in [6, 6.07) is 0. The monoisotopic (exact) mass is 433 g/mol. The van der Waals surface area contributed by atoms with E-state index in [-0.39, 0.29) is 17.2 Å². The first-order valence-electron chi connectivity index (χ1n) is 8.74. The first-order valence-corrected chi connectivity index (χ1v) is 10.9. The number of halogens is 1. The van der Waals surface area contributed by atoms with Crippen LogP contribution < -0.4 is 11.2 Å². The highest BCUT2D eigenvalue weighted by Gasteiger charge is 2.36. The number of fused-ring (bicyclic) bond motifs is 3. The van der Waals surface area contributed by atoms with Crippen LogP contribution in [0.3, 0.4) is 0 Å². The summed E-state index contributed by atoms with van der Waals surface area (Å²) in [6.07, 6.45) is 0.843. The molecule has 0 spiro atoms. The Kier molecular flexibility index (Phi) is 3.91. The molecule has 0 saturated heterocycles. The van der Waals surface area contributed by atoms with Crippen LogP contribution >= 0.6 is 34.3 Å². The molecule has 0 bridgehead atoms. The highest BCUT2D eigenvalue weighted by atomic mass is 35.5. The van der Waals surface area contributed by atoms with Crippen molar-refractivity contribution in [3.05, 3.63) is 53.1 Å². The molecular formula is C18H16ClN5O2S2. The lowest BCUT2D eigenvalue weighted by Gasteiger charge is -2.10. The first kappa shape index (κ1) is 17.8. The molecule has 144 valence electrons. The topological polar surface area (TPSA) is 74.7 Å². The number of hydrogen-bond acceptors (Lipinski definition) is 6. The largest absolute Gasteiger partial charge is 0.339 e. The summed E-state index contributed by atoms with van der Waals surface area (Å²) >= 11 is 9.08. The maximum Gasteiger partial charge on any atom is 0.331 e. The third kappa shape index (κ3) is 2.33. The summed E-state index contributed by atoms with van der Waals surface area (Å²) in [5, 5.41) is 6.49. The summed E-state index contributed by atoms with van der Waals surface area (Å²) in [7, 11) is 3.23. The molecule has 0 fully saturated rings. The lowest BCUT2D eigenvalue weighted by molar-refractivity contribution is 0.705. The van der Waals surface area contributed by atoms with Gasteiger partial charge in [-0.05, 0) is 13.3 Å². The Labute approximate surface area is 172 Å². The minimum atomic E-state index is -0.337. The fourth-order valence-corrected chi connectivity index (χ4v) is 6.02. The van der Waals surface area contributed by atoms with Crippen LogP contribution in [0.5, 0.6) is 0 Å². The van der Waals surface area contributed by atoms with E-state index in [1.54, 1.807) is 11.6 Å². The minimum Gasteiger partial charge on any atom is -0.339 e. The SMILES string of the molecule is Cc1csc(-c2c3c(=O)n(C)c(=O)n(C)c3c3n2CCC3c2nc(Cl)cs2)n1. The van der Waals surface area contributed by atoms with Gasteiger partial charge in [0, 0.05) is 37.1 Å². The van der Waals surface area contributed by atoms with Crippen LogP contribution in [-0.2, 0) is 20.6 Å². The first-order chi connectivity index (χ1) is 13.4. The van der Waals surface area contributed by atoms with Crippen molar-refractivity contribution in [2.75, 3.05) is 0 Å². The summed E-state index contributed by atoms with van der Waals surface area (Å²) < 4.78 is 4.88. The van der Waals surface area contributed by atoms with Crippen molar-refractivity contribution in [2.45, 2.75) is 25.8 Å². The molecule has 5 rings (SSSR count). The van der Waals surface area contributed by atoms with Crippen molar-refractivity contribution in [1.29, 1.82) is 0 Å². The molecule has 4 aromatic heterocycles. The van der Waals surface area contributed by atoms with Gasteiger partial charge in [-0.2, -0.15) is 0 Å². The number of thiazole rings is 2. The van der Waals surface area contributed by atoms with Gasteiger partial charge in [0.25, 0.3) is 5.56 Å². The van der Waals surface area contributed by atoms with Gasteiger partial charge >= 0.3 is 5.69 Å². The fraction of sp³-hybridized carbons (Fsp3) is 0.333. The lowest BCUT2D eigenvalue weighted by Crippen LogP contribution is -2.37. The van der Waals surface area contributed by atoms with Crippen molar-refractivity contribution >= 4 is 45.2 Å². The highest BCUT2D eigenvalue weighted by molar-refractivity contribution is 7.13. The van der Waals surface area contributed by atoms with E-state index in [2.05, 4.69) is 14.5 Å². The quantitative estimate of drug-likeness (QED) is 0.486. The van der Waals surface area contributed by atoms with Gasteiger partial charge in [-0.1, -0.05) is 11.6 Å². The Balaban J connectivity index is 1.94. The van der Waals surface area contributed by atoms with E-state index in [4.69, 9.17) is 11.6 Å². The number of rotatable bonds is 2. The van der Waals surface area contributed by atoms with E-state index in [0.717, 1.165) is 44.6 Å². The van der Waals surface area contributed by atoms with Gasteiger partial charge in [-0.3, -0.25) is 13.9 Å². The fourth-order valence-electron chi connectivity index (χ4n) is 4.07. The van der Waals surface area contributed by atoms with Crippen LogP contribution in [0.1, 0.15) is 28.7 Å². The molecular weight excluding hydrogens is 418 g/mol. The zero-order valence-corrected chi connectivity index (χ0v) is 17.8. The molecule has 0 N–H and O–H groups in total. The van der Waals surface area contributed by atoms with Gasteiger partial charge < -0.3 is 4.57 Å². The van der Waals surface area contributed by atoms with Crippen molar-refractivity contribution in [1.82, 2.24) is 23.7 Å². The van der Waals surface area contributed by atoms with Gasteiger partial charge in [0.1, 0.15) is 15.2 Å². The molecule has 4 aromatic rings. The second kappa shape index (κ2) is 6.13. The molecule has 1 aliphatic heterocycles. The molecule has 0 amide bonds. The Morgan fingerprint density at radius 2 is 1.93 bits per heavy atom. The Morgan fingerprint density at radius 1 is 1.14 bits per heavy atom. The summed E-state index contributed by atoms with van der Waals surface area (Å²) in [4.78, 5) is 34.9. The standard InChI is InChI=1S/C18H16ClN5O2S2/c1-8-6-27-16(20-8)14-11-13(22(2)18(26)23(3)17(11)25)12-9(4-5-24(12)14)15-21-10(19)7-28-15/h6-7,9H,4-5H2,1-3H3. The smallest absolute Gasteiger partial charge is 0.331 e. The van der Waals surface area contributed by atoms with Crippen LogP contribution in [0.25, 0.3) is 21.6 Å². The third-order valence-corrected chi connectivity index (χ3v) is 7.54. The predicted molar refractivity (Wildman–Crippen MR) is 112 cm³/mol. The Morgan fingerprint density at radius 3 is 2.57 bits per heavy atom. The van der Waals surface area contributed by atoms with Crippen LogP contribution in [0, 0.1) is 6.92 Å². The third-order valence-electron chi connectivity index (χ3n) is 5.29. The second-order valence-corrected chi connectivity index (χ2v) is 9.09. The second-order valence-electron chi connectivity index (χ2n) is 6.96. The van der Waals surface area contributed by atoms with Crippen LogP contribution in [0.15, 0.2) is 20.3 Å². The minimum absolute atomic E-state index is 0.00693. The van der Waals surface area contributed by atoms with Gasteiger partial charge in [-0.25, -0.2) is 14.8 Å². The molecule has 1 aliphatic rings. The Bertz CT molecular complexity index is 1370. The number of hydrogen-bond donors (Lipinski definition) is 0. The van der Waals surface area contributed by atoms with Gasteiger partial charge in [0.2, 0.25) is 0 Å². The van der Waals surface area contributed by atoms with E-state index < -0.39 is 0 Å². The highest BCUT2D eigenvalue weighted by Crippen LogP contribution is 2.45. The van der Waals surface area contributed by atoms with E-state index in [9.17, 15) is 9.59 Å². The maximum absolute atomic E-state index is 13.1. The van der Waals surface area contributed by atoms with Gasteiger partial charge in [0.05, 0.1) is 28.2 Å². The van der Waals surface area contributed by atoms with Crippen LogP contribution in [0.4, 0.5) is 0 Å². The number of nitrogens with zero attached hydrogens (tertiary/aromatic N) is 5. The van der Waals surface area contributed by atoms with Crippen molar-refractivity contribution in [2.24, 2.45) is 14.1 Å². The van der Waals surface area contributed by atoms with Crippen molar-refractivity contribution in [3.8, 4) is 10.7 Å². The normalized spacial score (nSPS) is 16.2. The van der Waals surface area contributed by atoms with E-state index in [1.807, 2.05) is 17.7 Å². The lowest BCUT2D eigenvalue weighted by atomic mass is 10.0. The molecule has 1 unspecified atom stereocenters. The van der Waals surface area contributed by atoms with Gasteiger partial charge in [-0.15, -0.1) is 22.7 Å².